The van der Waals surface area contributed by atoms with E-state index >= 15 is 0 Å². The van der Waals surface area contributed by atoms with Crippen LogP contribution >= 0.6 is 0 Å². The third kappa shape index (κ3) is 7.14. The molecule has 4 nitrogen and oxygen atoms in total. The quantitative estimate of drug-likeness (QED) is 0.135. The third-order valence-corrected chi connectivity index (χ3v) is 15.3. The molecule has 13 aromatic carbocycles. The zero-order valence-electron chi connectivity index (χ0n) is 41.4. The monoisotopic (exact) mass is 969 g/mol. The standard InChI is InChI=1S/C72H47N3O/c1-4-17-48(18-5-1)49-31-36-54(37-32-49)73(52-19-6-2-7-20-52)56-41-44-69-67(47-56)66-45-51(35-43-68(66)75(69)57-40-42-62-60-25-11-10-23-58(60)59-24-12-13-26-61(59)65(62)46-57)50-33-38-55(39-34-50)74(53-21-8-3-9-22-53)70-29-16-28-64-63-27-14-15-30-71(63)76-72(64)70/h1-47H. The second kappa shape index (κ2) is 17.8. The highest BCUT2D eigenvalue weighted by Crippen LogP contribution is 2.45. The first kappa shape index (κ1) is 43.4. The summed E-state index contributed by atoms with van der Waals surface area (Å²) in [4.78, 5) is 4.67. The lowest BCUT2D eigenvalue weighted by Crippen LogP contribution is -2.10. The van der Waals surface area contributed by atoms with Crippen molar-refractivity contribution >= 4 is 110 Å². The Morgan fingerprint density at radius 3 is 1.36 bits per heavy atom. The van der Waals surface area contributed by atoms with Gasteiger partial charge in [-0.1, -0.05) is 182 Å². The Kier molecular flexibility index (Phi) is 10.2. The molecule has 15 rings (SSSR count). The van der Waals surface area contributed by atoms with Crippen molar-refractivity contribution in [1.82, 2.24) is 4.57 Å². The minimum atomic E-state index is 0.862. The topological polar surface area (TPSA) is 24.6 Å². The van der Waals surface area contributed by atoms with Crippen molar-refractivity contribution in [2.24, 2.45) is 0 Å². The van der Waals surface area contributed by atoms with Gasteiger partial charge in [0.1, 0.15) is 5.58 Å². The van der Waals surface area contributed by atoms with Gasteiger partial charge in [0.25, 0.3) is 0 Å². The van der Waals surface area contributed by atoms with E-state index in [1.165, 1.54) is 54.2 Å². The molecule has 15 aromatic rings. The fourth-order valence-electron chi connectivity index (χ4n) is 11.8. The lowest BCUT2D eigenvalue weighted by atomic mass is 9.94. The number of hydrogen-bond donors (Lipinski definition) is 0. The Hall–Kier alpha value is -10.2. The molecule has 0 bridgehead atoms. The minimum Gasteiger partial charge on any atom is -0.454 e. The average Bonchev–Trinajstić information content (AvgIpc) is 4.05. The predicted molar refractivity (Wildman–Crippen MR) is 321 cm³/mol. The van der Waals surface area contributed by atoms with Gasteiger partial charge < -0.3 is 18.8 Å². The third-order valence-electron chi connectivity index (χ3n) is 15.3. The summed E-state index contributed by atoms with van der Waals surface area (Å²) >= 11 is 0. The van der Waals surface area contributed by atoms with Gasteiger partial charge >= 0.3 is 0 Å². The van der Waals surface area contributed by atoms with E-state index in [0.29, 0.717) is 0 Å². The van der Waals surface area contributed by atoms with E-state index in [4.69, 9.17) is 4.42 Å². The molecular formula is C72H47N3O. The summed E-state index contributed by atoms with van der Waals surface area (Å²) in [5.74, 6) is 0. The molecule has 0 amide bonds. The highest BCUT2D eigenvalue weighted by atomic mass is 16.3. The van der Waals surface area contributed by atoms with Crippen molar-refractivity contribution in [3.05, 3.63) is 285 Å². The van der Waals surface area contributed by atoms with Gasteiger partial charge in [-0.3, -0.25) is 0 Å². The predicted octanol–water partition coefficient (Wildman–Crippen LogP) is 20.4. The Morgan fingerprint density at radius 1 is 0.250 bits per heavy atom. The number of aromatic nitrogens is 1. The first-order chi connectivity index (χ1) is 37.7. The zero-order chi connectivity index (χ0) is 50.1. The largest absolute Gasteiger partial charge is 0.454 e. The Morgan fingerprint density at radius 2 is 0.697 bits per heavy atom. The van der Waals surface area contributed by atoms with Crippen LogP contribution in [-0.2, 0) is 0 Å². The van der Waals surface area contributed by atoms with Crippen molar-refractivity contribution in [2.45, 2.75) is 0 Å². The zero-order valence-corrected chi connectivity index (χ0v) is 41.4. The van der Waals surface area contributed by atoms with E-state index in [-0.39, 0.29) is 0 Å². The molecule has 0 aliphatic heterocycles. The molecule has 0 unspecified atom stereocenters. The number of hydrogen-bond acceptors (Lipinski definition) is 3. The van der Waals surface area contributed by atoms with Crippen LogP contribution in [0.3, 0.4) is 0 Å². The molecule has 0 atom stereocenters. The van der Waals surface area contributed by atoms with E-state index in [9.17, 15) is 0 Å². The number of benzene rings is 13. The van der Waals surface area contributed by atoms with Crippen LogP contribution in [0.1, 0.15) is 0 Å². The van der Waals surface area contributed by atoms with Crippen LogP contribution in [0.15, 0.2) is 290 Å². The number of furan rings is 1. The maximum Gasteiger partial charge on any atom is 0.159 e. The summed E-state index contributed by atoms with van der Waals surface area (Å²) in [5.41, 5.74) is 16.1. The normalized spacial score (nSPS) is 11.7. The molecule has 356 valence electrons. The molecule has 0 spiro atoms. The summed E-state index contributed by atoms with van der Waals surface area (Å²) in [6.07, 6.45) is 0. The van der Waals surface area contributed by atoms with Gasteiger partial charge in [-0.2, -0.15) is 0 Å². The second-order valence-electron chi connectivity index (χ2n) is 19.6. The average molecular weight is 970 g/mol. The SMILES string of the molecule is c1ccc(-c2ccc(N(c3ccccc3)c3ccc4c(c3)c3cc(-c5ccc(N(c6ccccc6)c6cccc7c6oc6ccccc67)cc5)ccc3n4-c3ccc4c5ccccc5c5ccccc5c4c3)cc2)cc1. The van der Waals surface area contributed by atoms with Gasteiger partial charge in [0.05, 0.1) is 16.7 Å². The molecule has 0 N–H and O–H groups in total. The van der Waals surface area contributed by atoms with Gasteiger partial charge in [0.2, 0.25) is 0 Å². The summed E-state index contributed by atoms with van der Waals surface area (Å²) in [6.45, 7) is 0. The molecule has 0 aliphatic carbocycles. The molecule has 2 heterocycles. The van der Waals surface area contributed by atoms with E-state index in [1.807, 2.05) is 12.1 Å². The smallest absolute Gasteiger partial charge is 0.159 e. The molecule has 2 aromatic heterocycles. The number of fused-ring (bicyclic) bond motifs is 12. The molecule has 0 radical (unpaired) electrons. The van der Waals surface area contributed by atoms with Crippen molar-refractivity contribution in [3.63, 3.8) is 0 Å². The fourth-order valence-corrected chi connectivity index (χ4v) is 11.8. The van der Waals surface area contributed by atoms with E-state index in [2.05, 4.69) is 287 Å². The highest BCUT2D eigenvalue weighted by molar-refractivity contribution is 6.26. The maximum atomic E-state index is 6.62. The van der Waals surface area contributed by atoms with Gasteiger partial charge in [0, 0.05) is 55.7 Å². The minimum absolute atomic E-state index is 0.862. The highest BCUT2D eigenvalue weighted by Gasteiger charge is 2.22. The maximum absolute atomic E-state index is 6.62. The number of anilines is 6. The first-order valence-corrected chi connectivity index (χ1v) is 26.0. The number of rotatable bonds is 9. The van der Waals surface area contributed by atoms with Crippen LogP contribution in [-0.4, -0.2) is 4.57 Å². The summed E-state index contributed by atoms with van der Waals surface area (Å²) in [6, 6.07) is 103. The summed E-state index contributed by atoms with van der Waals surface area (Å²) in [5, 5.41) is 12.1. The van der Waals surface area contributed by atoms with Crippen molar-refractivity contribution in [3.8, 4) is 27.9 Å². The molecule has 0 aliphatic rings. The van der Waals surface area contributed by atoms with Gasteiger partial charge in [-0.15, -0.1) is 0 Å². The van der Waals surface area contributed by atoms with Crippen LogP contribution in [0, 0.1) is 0 Å². The molecule has 0 fully saturated rings. The van der Waals surface area contributed by atoms with Crippen molar-refractivity contribution in [2.75, 3.05) is 9.80 Å². The van der Waals surface area contributed by atoms with Crippen LogP contribution in [0.4, 0.5) is 34.1 Å². The molecule has 76 heavy (non-hydrogen) atoms. The summed E-state index contributed by atoms with van der Waals surface area (Å²) in [7, 11) is 0. The van der Waals surface area contributed by atoms with Gasteiger partial charge in [0.15, 0.2) is 5.58 Å². The number of para-hydroxylation sites is 4. The number of nitrogens with zero attached hydrogens (tertiary/aromatic N) is 3. The Bertz CT molecular complexity index is 4640. The van der Waals surface area contributed by atoms with Crippen molar-refractivity contribution in [1.29, 1.82) is 0 Å². The van der Waals surface area contributed by atoms with Crippen LogP contribution in [0.25, 0.3) is 104 Å². The second-order valence-corrected chi connectivity index (χ2v) is 19.6. The van der Waals surface area contributed by atoms with E-state index in [0.717, 1.165) is 83.9 Å². The van der Waals surface area contributed by atoms with Crippen LogP contribution in [0.2, 0.25) is 0 Å². The van der Waals surface area contributed by atoms with Crippen LogP contribution in [0.5, 0.6) is 0 Å². The van der Waals surface area contributed by atoms with E-state index in [1.54, 1.807) is 0 Å². The van der Waals surface area contributed by atoms with E-state index < -0.39 is 0 Å². The molecule has 0 saturated carbocycles. The Balaban J connectivity index is 0.906. The Labute approximate surface area is 439 Å². The lowest BCUT2D eigenvalue weighted by Gasteiger charge is -2.26. The molecular weight excluding hydrogens is 923 g/mol. The first-order valence-electron chi connectivity index (χ1n) is 26.0. The van der Waals surface area contributed by atoms with Gasteiger partial charge in [-0.05, 0) is 158 Å². The van der Waals surface area contributed by atoms with Crippen molar-refractivity contribution < 1.29 is 4.42 Å². The molecule has 0 saturated heterocycles. The summed E-state index contributed by atoms with van der Waals surface area (Å²) < 4.78 is 9.08. The fraction of sp³-hybridized carbons (Fsp3) is 0. The lowest BCUT2D eigenvalue weighted by molar-refractivity contribution is 0.669. The molecule has 4 heteroatoms. The van der Waals surface area contributed by atoms with Crippen LogP contribution < -0.4 is 9.80 Å². The van der Waals surface area contributed by atoms with Gasteiger partial charge in [-0.25, -0.2) is 0 Å².